The lowest BCUT2D eigenvalue weighted by Gasteiger charge is -2.12. The molecule has 1 heterocycles. The van der Waals surface area contributed by atoms with Gasteiger partial charge >= 0.3 is 0 Å². The Morgan fingerprint density at radius 1 is 1.07 bits per heavy atom. The fourth-order valence-electron chi connectivity index (χ4n) is 2.91. The quantitative estimate of drug-likeness (QED) is 0.570. The average Bonchev–Trinajstić information content (AvgIpc) is 2.76. The number of nitrogens with zero attached hydrogens (tertiary/aromatic N) is 1. The van der Waals surface area contributed by atoms with Crippen molar-refractivity contribution in [1.82, 2.24) is 10.3 Å². The van der Waals surface area contributed by atoms with Gasteiger partial charge in [-0.1, -0.05) is 24.3 Å². The Hall–Kier alpha value is -3.61. The van der Waals surface area contributed by atoms with Gasteiger partial charge in [-0.25, -0.2) is 9.37 Å². The summed E-state index contributed by atoms with van der Waals surface area (Å²) in [4.78, 5) is 16.4. The molecule has 0 fully saturated rings. The molecule has 0 atom stereocenters. The van der Waals surface area contributed by atoms with E-state index in [1.165, 1.54) is 12.1 Å². The second-order valence-electron chi connectivity index (χ2n) is 6.49. The van der Waals surface area contributed by atoms with Gasteiger partial charge in [0.2, 0.25) is 11.8 Å². The molecule has 2 aromatic carbocycles. The molecule has 1 amide bonds. The maximum Gasteiger partial charge on any atom is 0.220 e. The van der Waals surface area contributed by atoms with E-state index in [-0.39, 0.29) is 11.7 Å². The minimum Gasteiger partial charge on any atom is -0.493 e. The Labute approximate surface area is 174 Å². The lowest BCUT2D eigenvalue weighted by atomic mass is 10.1. The molecule has 6 nitrogen and oxygen atoms in total. The number of carbonyl (C=O) groups is 1. The van der Waals surface area contributed by atoms with Gasteiger partial charge in [0.1, 0.15) is 11.6 Å². The van der Waals surface area contributed by atoms with Crippen LogP contribution in [0.15, 0.2) is 60.8 Å². The minimum absolute atomic E-state index is 0.0834. The van der Waals surface area contributed by atoms with Crippen molar-refractivity contribution in [2.24, 2.45) is 0 Å². The zero-order valence-electron chi connectivity index (χ0n) is 16.9. The zero-order valence-corrected chi connectivity index (χ0v) is 16.9. The Kier molecular flexibility index (Phi) is 7.21. The number of benzene rings is 2. The number of hydrogen-bond donors (Lipinski definition) is 1. The topological polar surface area (TPSA) is 69.7 Å². The van der Waals surface area contributed by atoms with Crippen molar-refractivity contribution in [2.45, 2.75) is 19.4 Å². The van der Waals surface area contributed by atoms with Crippen LogP contribution in [0.5, 0.6) is 23.1 Å². The summed E-state index contributed by atoms with van der Waals surface area (Å²) in [5.41, 5.74) is 1.74. The van der Waals surface area contributed by atoms with Gasteiger partial charge in [0.15, 0.2) is 11.5 Å². The van der Waals surface area contributed by atoms with Crippen molar-refractivity contribution < 1.29 is 23.4 Å². The largest absolute Gasteiger partial charge is 0.493 e. The molecule has 0 bridgehead atoms. The molecule has 0 spiro atoms. The van der Waals surface area contributed by atoms with E-state index in [9.17, 15) is 9.18 Å². The summed E-state index contributed by atoms with van der Waals surface area (Å²) in [7, 11) is 3.16. The monoisotopic (exact) mass is 410 g/mol. The summed E-state index contributed by atoms with van der Waals surface area (Å²) in [5.74, 6) is 1.54. The van der Waals surface area contributed by atoms with Crippen molar-refractivity contribution in [3.8, 4) is 23.1 Å². The second kappa shape index (κ2) is 10.2. The highest BCUT2D eigenvalue weighted by atomic mass is 19.1. The minimum atomic E-state index is -0.376. The average molecular weight is 410 g/mol. The highest BCUT2D eigenvalue weighted by Gasteiger charge is 2.11. The number of rotatable bonds is 9. The van der Waals surface area contributed by atoms with Crippen LogP contribution in [0.25, 0.3) is 0 Å². The van der Waals surface area contributed by atoms with Gasteiger partial charge in [-0.05, 0) is 35.7 Å². The molecule has 0 saturated heterocycles. The van der Waals surface area contributed by atoms with Crippen LogP contribution < -0.4 is 19.5 Å². The van der Waals surface area contributed by atoms with Crippen molar-refractivity contribution in [2.75, 3.05) is 14.2 Å². The van der Waals surface area contributed by atoms with Crippen molar-refractivity contribution >= 4 is 5.91 Å². The first-order valence-electron chi connectivity index (χ1n) is 9.44. The van der Waals surface area contributed by atoms with Crippen LogP contribution in [0, 0.1) is 5.82 Å². The summed E-state index contributed by atoms with van der Waals surface area (Å²) in [6.45, 7) is 0.349. The first-order valence-corrected chi connectivity index (χ1v) is 9.44. The summed E-state index contributed by atoms with van der Waals surface area (Å²) in [6.07, 6.45) is 2.46. The highest BCUT2D eigenvalue weighted by Crippen LogP contribution is 2.31. The molecule has 0 radical (unpaired) electrons. The maximum atomic E-state index is 13.2. The number of hydrogen-bond acceptors (Lipinski definition) is 5. The fourth-order valence-corrected chi connectivity index (χ4v) is 2.91. The van der Waals surface area contributed by atoms with Crippen molar-refractivity contribution in [3.05, 3.63) is 77.7 Å². The SMILES string of the molecule is COc1cccc(CCC(=O)NCc2ccc(Oc3cccc(F)c3)nc2)c1OC. The molecule has 0 unspecified atom stereocenters. The summed E-state index contributed by atoms with van der Waals surface area (Å²) >= 11 is 0. The van der Waals surface area contributed by atoms with Crippen LogP contribution in [0.3, 0.4) is 0 Å². The number of halogens is 1. The number of aryl methyl sites for hydroxylation is 1. The van der Waals surface area contributed by atoms with E-state index >= 15 is 0 Å². The normalized spacial score (nSPS) is 10.4. The first-order chi connectivity index (χ1) is 14.6. The molecule has 156 valence electrons. The fraction of sp³-hybridized carbons (Fsp3) is 0.217. The Balaban J connectivity index is 1.49. The molecule has 7 heteroatoms. The third-order valence-corrected chi connectivity index (χ3v) is 4.41. The van der Waals surface area contributed by atoms with Crippen molar-refractivity contribution in [1.29, 1.82) is 0 Å². The second-order valence-corrected chi connectivity index (χ2v) is 6.49. The van der Waals surface area contributed by atoms with Gasteiger partial charge in [0.25, 0.3) is 0 Å². The molecule has 0 aliphatic carbocycles. The number of carbonyl (C=O) groups excluding carboxylic acids is 1. The highest BCUT2D eigenvalue weighted by molar-refractivity contribution is 5.76. The lowest BCUT2D eigenvalue weighted by molar-refractivity contribution is -0.121. The molecule has 0 aliphatic heterocycles. The molecular formula is C23H23FN2O4. The number of para-hydroxylation sites is 1. The van der Waals surface area contributed by atoms with Crippen LogP contribution in [-0.4, -0.2) is 25.1 Å². The van der Waals surface area contributed by atoms with Crippen LogP contribution in [-0.2, 0) is 17.8 Å². The van der Waals surface area contributed by atoms with Gasteiger partial charge in [-0.15, -0.1) is 0 Å². The van der Waals surface area contributed by atoms with Crippen LogP contribution in [0.2, 0.25) is 0 Å². The predicted octanol–water partition coefficient (Wildman–Crippen LogP) is 4.28. The summed E-state index contributed by atoms with van der Waals surface area (Å²) < 4.78 is 29.4. The molecule has 3 rings (SSSR count). The van der Waals surface area contributed by atoms with E-state index in [1.807, 2.05) is 18.2 Å². The van der Waals surface area contributed by atoms with E-state index in [1.54, 1.807) is 44.7 Å². The third kappa shape index (κ3) is 5.70. The first kappa shape index (κ1) is 21.1. The Morgan fingerprint density at radius 3 is 2.60 bits per heavy atom. The number of methoxy groups -OCH3 is 2. The van der Waals surface area contributed by atoms with Gasteiger partial charge in [0.05, 0.1) is 14.2 Å². The molecule has 1 N–H and O–H groups in total. The zero-order chi connectivity index (χ0) is 21.3. The smallest absolute Gasteiger partial charge is 0.220 e. The number of pyridine rings is 1. The molecule has 0 aliphatic rings. The van der Waals surface area contributed by atoms with E-state index in [2.05, 4.69) is 10.3 Å². The number of aromatic nitrogens is 1. The third-order valence-electron chi connectivity index (χ3n) is 4.41. The van der Waals surface area contributed by atoms with E-state index in [0.717, 1.165) is 11.1 Å². The number of amides is 1. The van der Waals surface area contributed by atoms with Crippen molar-refractivity contribution in [3.63, 3.8) is 0 Å². The van der Waals surface area contributed by atoms with E-state index < -0.39 is 0 Å². The number of ether oxygens (including phenoxy) is 3. The molecule has 1 aromatic heterocycles. The van der Waals surface area contributed by atoms with E-state index in [4.69, 9.17) is 14.2 Å². The van der Waals surface area contributed by atoms with Gasteiger partial charge in [-0.3, -0.25) is 4.79 Å². The van der Waals surface area contributed by atoms with Crippen LogP contribution in [0.4, 0.5) is 4.39 Å². The van der Waals surface area contributed by atoms with E-state index in [0.29, 0.717) is 42.5 Å². The summed E-state index contributed by atoms with van der Waals surface area (Å²) in [5, 5.41) is 2.87. The molecule has 0 saturated carbocycles. The van der Waals surface area contributed by atoms with Gasteiger partial charge < -0.3 is 19.5 Å². The Morgan fingerprint density at radius 2 is 1.90 bits per heavy atom. The predicted molar refractivity (Wildman–Crippen MR) is 110 cm³/mol. The maximum absolute atomic E-state index is 13.2. The molecular weight excluding hydrogens is 387 g/mol. The molecule has 30 heavy (non-hydrogen) atoms. The van der Waals surface area contributed by atoms with Gasteiger partial charge in [-0.2, -0.15) is 0 Å². The summed E-state index contributed by atoms with van der Waals surface area (Å²) in [6, 6.07) is 14.9. The lowest BCUT2D eigenvalue weighted by Crippen LogP contribution is -2.23. The Bertz CT molecular complexity index is 993. The van der Waals surface area contributed by atoms with Gasteiger partial charge in [0, 0.05) is 31.3 Å². The number of nitrogens with one attached hydrogen (secondary N) is 1. The van der Waals surface area contributed by atoms with Crippen LogP contribution >= 0.6 is 0 Å². The van der Waals surface area contributed by atoms with Crippen LogP contribution in [0.1, 0.15) is 17.5 Å². The molecule has 3 aromatic rings. The standard InChI is InChI=1S/C23H23FN2O4/c1-28-20-8-3-5-17(23(20)29-2)10-11-21(27)25-14-16-9-12-22(26-15-16)30-19-7-4-6-18(24)13-19/h3-9,12-13,15H,10-11,14H2,1-2H3,(H,25,27).